The van der Waals surface area contributed by atoms with Crippen LogP contribution in [0.15, 0.2) is 115 Å². The highest BCUT2D eigenvalue weighted by Gasteiger charge is 2.10. The highest BCUT2D eigenvalue weighted by molar-refractivity contribution is 5.84. The minimum Gasteiger partial charge on any atom is -0.422 e. The van der Waals surface area contributed by atoms with E-state index >= 15 is 0 Å². The maximum atomic E-state index is 12.6. The lowest BCUT2D eigenvalue weighted by molar-refractivity contribution is 0.289. The van der Waals surface area contributed by atoms with Crippen molar-refractivity contribution < 1.29 is 13.9 Å². The summed E-state index contributed by atoms with van der Waals surface area (Å²) in [6.07, 6.45) is -1.22. The van der Waals surface area contributed by atoms with Gasteiger partial charge in [0, 0.05) is 21.9 Å². The second-order valence-corrected chi connectivity index (χ2v) is 10.1. The van der Waals surface area contributed by atoms with Gasteiger partial charge in [0.15, 0.2) is 6.10 Å². The van der Waals surface area contributed by atoms with Gasteiger partial charge in [-0.05, 0) is 73.5 Å². The van der Waals surface area contributed by atoms with E-state index in [9.17, 15) is 14.7 Å². The molecule has 0 saturated heterocycles. The first-order chi connectivity index (χ1) is 20.3. The maximum absolute atomic E-state index is 12.6. The zero-order chi connectivity index (χ0) is 29.2. The molecule has 5 nitrogen and oxygen atoms in total. The van der Waals surface area contributed by atoms with Crippen LogP contribution in [0.1, 0.15) is 22.3 Å². The summed E-state index contributed by atoms with van der Waals surface area (Å²) < 4.78 is 11.1. The minimum absolute atomic E-state index is 0.409. The van der Waals surface area contributed by atoms with Crippen molar-refractivity contribution in [3.05, 3.63) is 140 Å². The lowest BCUT2D eigenvalue weighted by Crippen LogP contribution is -2.03. The summed E-state index contributed by atoms with van der Waals surface area (Å²) in [5.74, 6) is 11.2. The fraction of sp³-hybridized carbons (Fsp3) is 0.0811. The molecule has 0 aliphatic carbocycles. The molecule has 6 aromatic rings. The molecule has 0 spiro atoms. The normalized spacial score (nSPS) is 10.8. The van der Waals surface area contributed by atoms with Crippen LogP contribution < -0.4 is 11.3 Å². The Labute approximate surface area is 241 Å². The fourth-order valence-corrected chi connectivity index (χ4v) is 4.59. The average molecular weight is 549 g/mol. The molecule has 0 aliphatic rings. The van der Waals surface area contributed by atoms with Crippen LogP contribution in [-0.4, -0.2) is 11.2 Å². The number of benzene rings is 4. The van der Waals surface area contributed by atoms with Gasteiger partial charge in [-0.15, -0.1) is 0 Å². The molecule has 4 aromatic carbocycles. The van der Waals surface area contributed by atoms with Gasteiger partial charge < -0.3 is 13.9 Å². The summed E-state index contributed by atoms with van der Waals surface area (Å²) in [7, 11) is 0. The Kier molecular flexibility index (Phi) is 7.03. The molecule has 6 rings (SSSR count). The zero-order valence-corrected chi connectivity index (χ0v) is 22.9. The fourth-order valence-electron chi connectivity index (χ4n) is 4.59. The second kappa shape index (κ2) is 11.1. The van der Waals surface area contributed by atoms with Crippen LogP contribution in [0.4, 0.5) is 0 Å². The Bertz CT molecular complexity index is 2050. The van der Waals surface area contributed by atoms with E-state index in [2.05, 4.69) is 23.7 Å². The number of aliphatic hydroxyl groups excluding tert-OH is 1. The third kappa shape index (κ3) is 5.64. The summed E-state index contributed by atoms with van der Waals surface area (Å²) in [5, 5.41) is 11.9. The van der Waals surface area contributed by atoms with Crippen molar-refractivity contribution in [1.29, 1.82) is 0 Å². The van der Waals surface area contributed by atoms with Crippen molar-refractivity contribution in [3.8, 4) is 45.9 Å². The van der Waals surface area contributed by atoms with Crippen LogP contribution in [0.3, 0.4) is 0 Å². The van der Waals surface area contributed by atoms with Gasteiger partial charge in [-0.1, -0.05) is 83.3 Å². The van der Waals surface area contributed by atoms with Gasteiger partial charge in [-0.25, -0.2) is 9.59 Å². The Morgan fingerprint density at radius 1 is 0.571 bits per heavy atom. The highest BCUT2D eigenvalue weighted by Crippen LogP contribution is 2.23. The van der Waals surface area contributed by atoms with Gasteiger partial charge in [0.05, 0.1) is 11.1 Å². The summed E-state index contributed by atoms with van der Waals surface area (Å²) in [5.41, 5.74) is 5.90. The van der Waals surface area contributed by atoms with Crippen LogP contribution in [0.2, 0.25) is 0 Å². The molecule has 5 heteroatoms. The van der Waals surface area contributed by atoms with Gasteiger partial charge in [0.2, 0.25) is 0 Å². The van der Waals surface area contributed by atoms with E-state index in [-0.39, 0.29) is 0 Å². The quantitative estimate of drug-likeness (QED) is 0.194. The molecule has 0 unspecified atom stereocenters. The average Bonchev–Trinajstić information content (AvgIpc) is 2.99. The molecule has 0 bridgehead atoms. The van der Waals surface area contributed by atoms with Crippen molar-refractivity contribution in [1.82, 2.24) is 0 Å². The first kappa shape index (κ1) is 26.6. The van der Waals surface area contributed by atoms with Gasteiger partial charge in [-0.3, -0.25) is 0 Å². The van der Waals surface area contributed by atoms with Gasteiger partial charge in [-0.2, -0.15) is 0 Å². The zero-order valence-electron chi connectivity index (χ0n) is 22.9. The maximum Gasteiger partial charge on any atom is 0.344 e. The van der Waals surface area contributed by atoms with E-state index in [1.807, 2.05) is 74.5 Å². The predicted octanol–water partition coefficient (Wildman–Crippen LogP) is 6.61. The van der Waals surface area contributed by atoms with E-state index in [1.165, 1.54) is 0 Å². The highest BCUT2D eigenvalue weighted by atomic mass is 16.4. The standard InChI is InChI=1S/C37H24O5/c1-23-3-11-27(12-4-23)32-21-29-15-7-25(19-34(29)41-36(32)39)9-17-31(38)18-10-26-8-16-30-22-33(37(40)42-35(30)20-26)28-13-5-24(2)6-14-28/h3-8,11-16,19-22,31,38H,1-2H3. The molecule has 1 N–H and O–H groups in total. The number of aliphatic hydroxyl groups is 1. The van der Waals surface area contributed by atoms with Crippen LogP contribution >= 0.6 is 0 Å². The lowest BCUT2D eigenvalue weighted by atomic mass is 10.0. The third-order valence-corrected chi connectivity index (χ3v) is 6.90. The third-order valence-electron chi connectivity index (χ3n) is 6.90. The molecule has 0 fully saturated rings. The molecule has 0 amide bonds. The van der Waals surface area contributed by atoms with E-state index in [0.29, 0.717) is 33.4 Å². The van der Waals surface area contributed by atoms with E-state index in [4.69, 9.17) is 8.83 Å². The molecule has 0 aliphatic heterocycles. The first-order valence-electron chi connectivity index (χ1n) is 13.3. The molecule has 202 valence electrons. The van der Waals surface area contributed by atoms with E-state index in [1.54, 1.807) is 36.4 Å². The largest absolute Gasteiger partial charge is 0.422 e. The SMILES string of the molecule is Cc1ccc(-c2cc3ccc(C#CC(O)C#Cc4ccc5cc(-c6ccc(C)cc6)c(=O)oc5c4)cc3oc2=O)cc1. The summed E-state index contributed by atoms with van der Waals surface area (Å²) in [6, 6.07) is 29.6. The number of rotatable bonds is 2. The van der Waals surface area contributed by atoms with Gasteiger partial charge in [0.25, 0.3) is 0 Å². The molecule has 2 aromatic heterocycles. The van der Waals surface area contributed by atoms with Crippen LogP contribution in [0.25, 0.3) is 44.2 Å². The van der Waals surface area contributed by atoms with Gasteiger partial charge >= 0.3 is 11.3 Å². The Morgan fingerprint density at radius 3 is 1.38 bits per heavy atom. The first-order valence-corrected chi connectivity index (χ1v) is 13.3. The monoisotopic (exact) mass is 548 g/mol. The van der Waals surface area contributed by atoms with E-state index in [0.717, 1.165) is 33.0 Å². The molecular weight excluding hydrogens is 524 g/mol. The molecule has 2 heterocycles. The van der Waals surface area contributed by atoms with Crippen LogP contribution in [-0.2, 0) is 0 Å². The summed E-state index contributed by atoms with van der Waals surface area (Å²) in [4.78, 5) is 25.2. The van der Waals surface area contributed by atoms with Crippen molar-refractivity contribution in [2.75, 3.05) is 0 Å². The molecule has 0 saturated carbocycles. The number of hydrogen-bond donors (Lipinski definition) is 1. The molecule has 0 radical (unpaired) electrons. The number of fused-ring (bicyclic) bond motifs is 2. The minimum atomic E-state index is -1.22. The van der Waals surface area contributed by atoms with E-state index < -0.39 is 17.4 Å². The van der Waals surface area contributed by atoms with Crippen molar-refractivity contribution in [2.45, 2.75) is 20.0 Å². The van der Waals surface area contributed by atoms with Crippen LogP contribution in [0.5, 0.6) is 0 Å². The topological polar surface area (TPSA) is 80.7 Å². The van der Waals surface area contributed by atoms with Crippen molar-refractivity contribution >= 4 is 21.9 Å². The molecular formula is C37H24O5. The number of hydrogen-bond acceptors (Lipinski definition) is 5. The molecule has 42 heavy (non-hydrogen) atoms. The van der Waals surface area contributed by atoms with Crippen molar-refractivity contribution in [3.63, 3.8) is 0 Å². The smallest absolute Gasteiger partial charge is 0.344 e. The summed E-state index contributed by atoms with van der Waals surface area (Å²) >= 11 is 0. The van der Waals surface area contributed by atoms with Crippen molar-refractivity contribution in [2.24, 2.45) is 0 Å². The van der Waals surface area contributed by atoms with Gasteiger partial charge in [0.1, 0.15) is 11.2 Å². The Hall–Kier alpha value is -5.62. The lowest BCUT2D eigenvalue weighted by Gasteiger charge is -2.04. The van der Waals surface area contributed by atoms with Crippen LogP contribution in [0, 0.1) is 37.5 Å². The predicted molar refractivity (Wildman–Crippen MR) is 165 cm³/mol. The number of aryl methyl sites for hydroxylation is 2. The Balaban J connectivity index is 1.21. The molecule has 0 atom stereocenters. The second-order valence-electron chi connectivity index (χ2n) is 10.1. The summed E-state index contributed by atoms with van der Waals surface area (Å²) in [6.45, 7) is 3.98. The Morgan fingerprint density at radius 2 is 0.976 bits per heavy atom.